The molecule has 1 unspecified atom stereocenters. The van der Waals surface area contributed by atoms with E-state index in [4.69, 9.17) is 4.74 Å². The van der Waals surface area contributed by atoms with Crippen LogP contribution in [-0.4, -0.2) is 36.5 Å². The number of hydrogen-bond donors (Lipinski definition) is 0. The zero-order valence-corrected chi connectivity index (χ0v) is 10.7. The first kappa shape index (κ1) is 12.8. The van der Waals surface area contributed by atoms with E-state index in [-0.39, 0.29) is 17.9 Å². The topological polar surface area (TPSA) is 46.6 Å². The lowest BCUT2D eigenvalue weighted by atomic mass is 10.1. The van der Waals surface area contributed by atoms with Gasteiger partial charge in [-0.25, -0.2) is 0 Å². The summed E-state index contributed by atoms with van der Waals surface area (Å²) in [7, 11) is 1.65. The number of methoxy groups -OCH3 is 1. The summed E-state index contributed by atoms with van der Waals surface area (Å²) in [6.07, 6.45) is 1.60. The van der Waals surface area contributed by atoms with Gasteiger partial charge in [0.15, 0.2) is 0 Å². The van der Waals surface area contributed by atoms with Crippen LogP contribution in [0.5, 0.6) is 0 Å². The molecular formula is C14H17NO3. The number of imide groups is 1. The Morgan fingerprint density at radius 1 is 1.17 bits per heavy atom. The number of amides is 2. The van der Waals surface area contributed by atoms with Crippen LogP contribution in [0.25, 0.3) is 0 Å². The van der Waals surface area contributed by atoms with Gasteiger partial charge in [0.05, 0.1) is 11.1 Å². The number of benzene rings is 1. The van der Waals surface area contributed by atoms with Crippen molar-refractivity contribution in [3.05, 3.63) is 35.4 Å². The predicted molar refractivity (Wildman–Crippen MR) is 67.5 cm³/mol. The van der Waals surface area contributed by atoms with Gasteiger partial charge in [0.1, 0.15) is 0 Å². The molecule has 1 aromatic carbocycles. The lowest BCUT2D eigenvalue weighted by Crippen LogP contribution is -2.38. The van der Waals surface area contributed by atoms with Gasteiger partial charge in [-0.1, -0.05) is 12.1 Å². The third kappa shape index (κ3) is 2.16. The van der Waals surface area contributed by atoms with Crippen molar-refractivity contribution in [3.63, 3.8) is 0 Å². The molecule has 0 aromatic heterocycles. The highest BCUT2D eigenvalue weighted by atomic mass is 16.5. The van der Waals surface area contributed by atoms with Gasteiger partial charge in [-0.15, -0.1) is 0 Å². The summed E-state index contributed by atoms with van der Waals surface area (Å²) in [5, 5.41) is 0. The van der Waals surface area contributed by atoms with Crippen LogP contribution in [0.15, 0.2) is 24.3 Å². The maximum Gasteiger partial charge on any atom is 0.261 e. The lowest BCUT2D eigenvalue weighted by Gasteiger charge is -2.22. The average Bonchev–Trinajstić information content (AvgIpc) is 2.63. The van der Waals surface area contributed by atoms with Crippen LogP contribution < -0.4 is 0 Å². The summed E-state index contributed by atoms with van der Waals surface area (Å²) in [5.41, 5.74) is 1.03. The Balaban J connectivity index is 2.13. The van der Waals surface area contributed by atoms with Gasteiger partial charge in [0.2, 0.25) is 0 Å². The Labute approximate surface area is 107 Å². The molecule has 18 heavy (non-hydrogen) atoms. The second-order valence-electron chi connectivity index (χ2n) is 4.51. The van der Waals surface area contributed by atoms with Crippen molar-refractivity contribution in [2.45, 2.75) is 25.8 Å². The van der Waals surface area contributed by atoms with E-state index in [1.807, 2.05) is 6.92 Å². The summed E-state index contributed by atoms with van der Waals surface area (Å²) < 4.78 is 4.98. The fourth-order valence-corrected chi connectivity index (χ4v) is 2.26. The van der Waals surface area contributed by atoms with Crippen molar-refractivity contribution in [3.8, 4) is 0 Å². The Hall–Kier alpha value is -1.68. The van der Waals surface area contributed by atoms with E-state index in [9.17, 15) is 9.59 Å². The largest absolute Gasteiger partial charge is 0.385 e. The number of carbonyl (C=O) groups excluding carboxylic acids is 2. The summed E-state index contributed by atoms with van der Waals surface area (Å²) in [6, 6.07) is 6.88. The first-order chi connectivity index (χ1) is 8.66. The first-order valence-electron chi connectivity index (χ1n) is 6.12. The number of hydrogen-bond acceptors (Lipinski definition) is 3. The van der Waals surface area contributed by atoms with Crippen molar-refractivity contribution >= 4 is 11.8 Å². The SMILES string of the molecule is COCCCC(C)N1C(=O)c2ccccc2C1=O. The van der Waals surface area contributed by atoms with Gasteiger partial charge in [0.25, 0.3) is 11.8 Å². The molecule has 2 rings (SSSR count). The van der Waals surface area contributed by atoms with Gasteiger partial charge in [-0.05, 0) is 31.9 Å². The maximum absolute atomic E-state index is 12.2. The fraction of sp³-hybridized carbons (Fsp3) is 0.429. The third-order valence-corrected chi connectivity index (χ3v) is 3.24. The summed E-state index contributed by atoms with van der Waals surface area (Å²) in [6.45, 7) is 2.55. The van der Waals surface area contributed by atoms with Crippen LogP contribution in [0.3, 0.4) is 0 Å². The van der Waals surface area contributed by atoms with E-state index in [2.05, 4.69) is 0 Å². The molecular weight excluding hydrogens is 230 g/mol. The number of ether oxygens (including phenoxy) is 1. The summed E-state index contributed by atoms with van der Waals surface area (Å²) >= 11 is 0. The monoisotopic (exact) mass is 247 g/mol. The van der Waals surface area contributed by atoms with Crippen molar-refractivity contribution in [2.75, 3.05) is 13.7 Å². The Morgan fingerprint density at radius 2 is 1.72 bits per heavy atom. The maximum atomic E-state index is 12.2. The van der Waals surface area contributed by atoms with Crippen LogP contribution in [0.4, 0.5) is 0 Å². The quantitative estimate of drug-likeness (QED) is 0.591. The summed E-state index contributed by atoms with van der Waals surface area (Å²) in [5.74, 6) is -0.360. The minimum atomic E-state index is -0.180. The van der Waals surface area contributed by atoms with Crippen LogP contribution in [0, 0.1) is 0 Å². The molecule has 0 saturated heterocycles. The molecule has 1 heterocycles. The van der Waals surface area contributed by atoms with Gasteiger partial charge < -0.3 is 4.74 Å². The van der Waals surface area contributed by atoms with E-state index >= 15 is 0 Å². The fourth-order valence-electron chi connectivity index (χ4n) is 2.26. The highest BCUT2D eigenvalue weighted by Gasteiger charge is 2.37. The number of nitrogens with zero attached hydrogens (tertiary/aromatic N) is 1. The molecule has 1 aliphatic heterocycles. The molecule has 0 bridgehead atoms. The highest BCUT2D eigenvalue weighted by Crippen LogP contribution is 2.25. The molecule has 4 heteroatoms. The molecule has 4 nitrogen and oxygen atoms in total. The predicted octanol–water partition coefficient (Wildman–Crippen LogP) is 2.10. The molecule has 1 aliphatic rings. The van der Waals surface area contributed by atoms with Gasteiger partial charge in [-0.3, -0.25) is 14.5 Å². The van der Waals surface area contributed by atoms with Crippen molar-refractivity contribution in [2.24, 2.45) is 0 Å². The molecule has 0 radical (unpaired) electrons. The zero-order chi connectivity index (χ0) is 13.1. The van der Waals surface area contributed by atoms with E-state index in [1.165, 1.54) is 4.90 Å². The van der Waals surface area contributed by atoms with Crippen molar-refractivity contribution in [1.82, 2.24) is 4.90 Å². The Morgan fingerprint density at radius 3 is 2.22 bits per heavy atom. The van der Waals surface area contributed by atoms with Gasteiger partial charge >= 0.3 is 0 Å². The molecule has 0 spiro atoms. The van der Waals surface area contributed by atoms with Crippen LogP contribution >= 0.6 is 0 Å². The summed E-state index contributed by atoms with van der Waals surface area (Å²) in [4.78, 5) is 25.7. The van der Waals surface area contributed by atoms with E-state index in [0.29, 0.717) is 17.7 Å². The molecule has 0 aliphatic carbocycles. The van der Waals surface area contributed by atoms with E-state index < -0.39 is 0 Å². The second-order valence-corrected chi connectivity index (χ2v) is 4.51. The minimum Gasteiger partial charge on any atom is -0.385 e. The van der Waals surface area contributed by atoms with Crippen LogP contribution in [0.2, 0.25) is 0 Å². The number of fused-ring (bicyclic) bond motifs is 1. The molecule has 1 aromatic rings. The Bertz CT molecular complexity index is 435. The van der Waals surface area contributed by atoms with Crippen LogP contribution in [-0.2, 0) is 4.74 Å². The molecule has 1 atom stereocenters. The highest BCUT2D eigenvalue weighted by molar-refractivity contribution is 6.21. The van der Waals surface area contributed by atoms with Gasteiger partial charge in [0, 0.05) is 19.8 Å². The normalized spacial score (nSPS) is 16.0. The smallest absolute Gasteiger partial charge is 0.261 e. The van der Waals surface area contributed by atoms with E-state index in [1.54, 1.807) is 31.4 Å². The standard InChI is InChI=1S/C14H17NO3/c1-10(6-5-9-18-2)15-13(16)11-7-3-4-8-12(11)14(15)17/h3-4,7-8,10H,5-6,9H2,1-2H3. The second kappa shape index (κ2) is 5.31. The Kier molecular flexibility index (Phi) is 3.77. The lowest BCUT2D eigenvalue weighted by molar-refractivity contribution is 0.0581. The van der Waals surface area contributed by atoms with Crippen molar-refractivity contribution in [1.29, 1.82) is 0 Å². The number of rotatable bonds is 5. The van der Waals surface area contributed by atoms with Crippen LogP contribution in [0.1, 0.15) is 40.5 Å². The van der Waals surface area contributed by atoms with Gasteiger partial charge in [-0.2, -0.15) is 0 Å². The molecule has 2 amide bonds. The van der Waals surface area contributed by atoms with E-state index in [0.717, 1.165) is 12.8 Å². The minimum absolute atomic E-state index is 0.0902. The molecule has 96 valence electrons. The zero-order valence-electron chi connectivity index (χ0n) is 10.7. The number of carbonyl (C=O) groups is 2. The average molecular weight is 247 g/mol. The third-order valence-electron chi connectivity index (χ3n) is 3.24. The molecule has 0 fully saturated rings. The molecule has 0 N–H and O–H groups in total. The van der Waals surface area contributed by atoms with Crippen molar-refractivity contribution < 1.29 is 14.3 Å². The first-order valence-corrected chi connectivity index (χ1v) is 6.12. The molecule has 0 saturated carbocycles.